The number of nitrogens with zero attached hydrogens (tertiary/aromatic N) is 1. The summed E-state index contributed by atoms with van der Waals surface area (Å²) in [5.41, 5.74) is 3.34. The van der Waals surface area contributed by atoms with Crippen LogP contribution < -0.4 is 0 Å². The predicted octanol–water partition coefficient (Wildman–Crippen LogP) is 4.61. The number of hydrogen-bond acceptors (Lipinski definition) is 1. The Morgan fingerprint density at radius 2 is 1.68 bits per heavy atom. The Labute approximate surface area is 132 Å². The Balaban J connectivity index is 1.76. The molecule has 0 bridgehead atoms. The number of carbonyl (C=O) groups excluding carboxylic acids is 1. The van der Waals surface area contributed by atoms with Gasteiger partial charge in [-0.3, -0.25) is 4.79 Å². The molecule has 0 aliphatic heterocycles. The molecule has 2 nitrogen and oxygen atoms in total. The highest BCUT2D eigenvalue weighted by atomic mass is 16.2. The van der Waals surface area contributed by atoms with Gasteiger partial charge in [-0.25, -0.2) is 0 Å². The molecule has 2 heteroatoms. The molecule has 0 heterocycles. The van der Waals surface area contributed by atoms with Crippen LogP contribution in [0.5, 0.6) is 0 Å². The molecule has 0 radical (unpaired) electrons. The molecule has 1 aliphatic rings. The standard InChI is InChI=1S/C20H23NO/c1-15(2)17-10-8-16(9-11-17)14-21(19-12-13-19)20(22)18-6-4-3-5-7-18/h3-11,15,19H,12-14H2,1-2H3. The van der Waals surface area contributed by atoms with Crippen molar-refractivity contribution in [3.8, 4) is 0 Å². The van der Waals surface area contributed by atoms with E-state index in [-0.39, 0.29) is 5.91 Å². The minimum Gasteiger partial charge on any atom is -0.331 e. The van der Waals surface area contributed by atoms with Crippen molar-refractivity contribution in [1.82, 2.24) is 4.90 Å². The van der Waals surface area contributed by atoms with E-state index in [9.17, 15) is 4.79 Å². The van der Waals surface area contributed by atoms with Gasteiger partial charge in [0.15, 0.2) is 0 Å². The Morgan fingerprint density at radius 3 is 2.23 bits per heavy atom. The fourth-order valence-electron chi connectivity index (χ4n) is 2.70. The molecule has 1 fully saturated rings. The van der Waals surface area contributed by atoms with Crippen molar-refractivity contribution in [2.75, 3.05) is 0 Å². The summed E-state index contributed by atoms with van der Waals surface area (Å²) in [6.45, 7) is 5.10. The minimum atomic E-state index is 0.149. The van der Waals surface area contributed by atoms with Crippen LogP contribution in [0.15, 0.2) is 54.6 Å². The lowest BCUT2D eigenvalue weighted by Gasteiger charge is -2.23. The summed E-state index contributed by atoms with van der Waals surface area (Å²) in [4.78, 5) is 14.8. The van der Waals surface area contributed by atoms with Gasteiger partial charge in [0, 0.05) is 18.2 Å². The molecule has 0 aromatic heterocycles. The molecule has 0 saturated heterocycles. The molecule has 22 heavy (non-hydrogen) atoms. The fraction of sp³-hybridized carbons (Fsp3) is 0.350. The first kappa shape index (κ1) is 14.8. The van der Waals surface area contributed by atoms with Crippen LogP contribution in [0.2, 0.25) is 0 Å². The van der Waals surface area contributed by atoms with Crippen molar-refractivity contribution in [2.45, 2.75) is 45.2 Å². The van der Waals surface area contributed by atoms with Gasteiger partial charge in [-0.2, -0.15) is 0 Å². The van der Waals surface area contributed by atoms with Crippen LogP contribution in [-0.2, 0) is 6.54 Å². The second-order valence-corrected chi connectivity index (χ2v) is 6.43. The van der Waals surface area contributed by atoms with Crippen molar-refractivity contribution in [3.05, 3.63) is 71.3 Å². The number of carbonyl (C=O) groups is 1. The topological polar surface area (TPSA) is 20.3 Å². The van der Waals surface area contributed by atoms with Crippen LogP contribution in [0.1, 0.15) is 54.1 Å². The zero-order valence-corrected chi connectivity index (χ0v) is 13.3. The van der Waals surface area contributed by atoms with Gasteiger partial charge < -0.3 is 4.90 Å². The van der Waals surface area contributed by atoms with E-state index in [1.807, 2.05) is 35.2 Å². The van der Waals surface area contributed by atoms with E-state index in [4.69, 9.17) is 0 Å². The van der Waals surface area contributed by atoms with Crippen LogP contribution >= 0.6 is 0 Å². The predicted molar refractivity (Wildman–Crippen MR) is 89.9 cm³/mol. The maximum Gasteiger partial charge on any atom is 0.254 e. The van der Waals surface area contributed by atoms with Gasteiger partial charge in [-0.05, 0) is 42.0 Å². The molecule has 0 spiro atoms. The molecule has 114 valence electrons. The summed E-state index contributed by atoms with van der Waals surface area (Å²) in [6, 6.07) is 18.7. The maximum absolute atomic E-state index is 12.7. The summed E-state index contributed by atoms with van der Waals surface area (Å²) >= 11 is 0. The summed E-state index contributed by atoms with van der Waals surface area (Å²) < 4.78 is 0. The van der Waals surface area contributed by atoms with Crippen LogP contribution in [0.4, 0.5) is 0 Å². The van der Waals surface area contributed by atoms with Crippen molar-refractivity contribution in [2.24, 2.45) is 0 Å². The normalized spacial score (nSPS) is 14.1. The molecule has 0 N–H and O–H groups in total. The molecule has 0 atom stereocenters. The van der Waals surface area contributed by atoms with E-state index in [0.29, 0.717) is 18.5 Å². The minimum absolute atomic E-state index is 0.149. The summed E-state index contributed by atoms with van der Waals surface area (Å²) in [5, 5.41) is 0. The van der Waals surface area contributed by atoms with Gasteiger partial charge in [0.05, 0.1) is 0 Å². The second kappa shape index (κ2) is 6.35. The second-order valence-electron chi connectivity index (χ2n) is 6.43. The smallest absolute Gasteiger partial charge is 0.254 e. The van der Waals surface area contributed by atoms with Crippen LogP contribution in [0.3, 0.4) is 0 Å². The molecular formula is C20H23NO. The lowest BCUT2D eigenvalue weighted by Crippen LogP contribution is -2.32. The molecular weight excluding hydrogens is 270 g/mol. The fourth-order valence-corrected chi connectivity index (χ4v) is 2.70. The van der Waals surface area contributed by atoms with Crippen molar-refractivity contribution in [3.63, 3.8) is 0 Å². The molecule has 2 aromatic carbocycles. The summed E-state index contributed by atoms with van der Waals surface area (Å²) in [6.07, 6.45) is 2.26. The monoisotopic (exact) mass is 293 g/mol. The molecule has 1 aliphatic carbocycles. The quantitative estimate of drug-likeness (QED) is 0.788. The first-order chi connectivity index (χ1) is 10.6. The third-order valence-electron chi connectivity index (χ3n) is 4.27. The average molecular weight is 293 g/mol. The highest BCUT2D eigenvalue weighted by molar-refractivity contribution is 5.94. The Hall–Kier alpha value is -2.09. The van der Waals surface area contributed by atoms with Crippen molar-refractivity contribution < 1.29 is 4.79 Å². The van der Waals surface area contributed by atoms with E-state index in [1.54, 1.807) is 0 Å². The van der Waals surface area contributed by atoms with Gasteiger partial charge >= 0.3 is 0 Å². The molecule has 1 saturated carbocycles. The van der Waals surface area contributed by atoms with Gasteiger partial charge in [0.2, 0.25) is 0 Å². The third kappa shape index (κ3) is 3.38. The van der Waals surface area contributed by atoms with E-state index in [1.165, 1.54) is 11.1 Å². The lowest BCUT2D eigenvalue weighted by molar-refractivity contribution is 0.0730. The number of hydrogen-bond donors (Lipinski definition) is 0. The van der Waals surface area contributed by atoms with Crippen LogP contribution in [0.25, 0.3) is 0 Å². The first-order valence-electron chi connectivity index (χ1n) is 8.10. The van der Waals surface area contributed by atoms with Crippen molar-refractivity contribution in [1.29, 1.82) is 0 Å². The molecule has 2 aromatic rings. The number of rotatable bonds is 5. The Bertz CT molecular complexity index is 627. The molecule has 0 unspecified atom stereocenters. The summed E-state index contributed by atoms with van der Waals surface area (Å²) in [5.74, 6) is 0.690. The summed E-state index contributed by atoms with van der Waals surface area (Å²) in [7, 11) is 0. The van der Waals surface area contributed by atoms with E-state index >= 15 is 0 Å². The van der Waals surface area contributed by atoms with Gasteiger partial charge in [0.25, 0.3) is 5.91 Å². The molecule has 3 rings (SSSR count). The van der Waals surface area contributed by atoms with Crippen molar-refractivity contribution >= 4 is 5.91 Å². The Kier molecular flexibility index (Phi) is 4.28. The average Bonchev–Trinajstić information content (AvgIpc) is 3.38. The SMILES string of the molecule is CC(C)c1ccc(CN(C(=O)c2ccccc2)C2CC2)cc1. The van der Waals surface area contributed by atoms with E-state index < -0.39 is 0 Å². The third-order valence-corrected chi connectivity index (χ3v) is 4.27. The Morgan fingerprint density at radius 1 is 1.05 bits per heavy atom. The van der Waals surface area contributed by atoms with E-state index in [0.717, 1.165) is 18.4 Å². The van der Waals surface area contributed by atoms with Gasteiger partial charge in [-0.1, -0.05) is 56.3 Å². The van der Waals surface area contributed by atoms with Crippen LogP contribution in [-0.4, -0.2) is 16.8 Å². The van der Waals surface area contributed by atoms with E-state index in [2.05, 4.69) is 38.1 Å². The van der Waals surface area contributed by atoms with Crippen LogP contribution in [0, 0.1) is 0 Å². The lowest BCUT2D eigenvalue weighted by atomic mass is 10.0. The highest BCUT2D eigenvalue weighted by Gasteiger charge is 2.32. The largest absolute Gasteiger partial charge is 0.331 e. The molecule has 1 amide bonds. The number of benzene rings is 2. The zero-order valence-electron chi connectivity index (χ0n) is 13.3. The zero-order chi connectivity index (χ0) is 15.5. The van der Waals surface area contributed by atoms with Gasteiger partial charge in [-0.15, -0.1) is 0 Å². The highest BCUT2D eigenvalue weighted by Crippen LogP contribution is 2.30. The number of amides is 1. The van der Waals surface area contributed by atoms with Gasteiger partial charge in [0.1, 0.15) is 0 Å². The first-order valence-corrected chi connectivity index (χ1v) is 8.10. The maximum atomic E-state index is 12.7.